The third kappa shape index (κ3) is 3.64. The number of anilines is 2. The van der Waals surface area contributed by atoms with Crippen LogP contribution in [0.2, 0.25) is 0 Å². The monoisotopic (exact) mass is 433 g/mol. The van der Waals surface area contributed by atoms with Gasteiger partial charge in [-0.05, 0) is 38.1 Å². The summed E-state index contributed by atoms with van der Waals surface area (Å²) in [6.45, 7) is 5.92. The molecule has 1 aliphatic rings. The van der Waals surface area contributed by atoms with Crippen LogP contribution < -0.4 is 15.5 Å². The van der Waals surface area contributed by atoms with Crippen molar-refractivity contribution in [3.63, 3.8) is 0 Å². The van der Waals surface area contributed by atoms with Crippen LogP contribution in [0.5, 0.6) is 0 Å². The number of rotatable bonds is 3. The maximum Gasteiger partial charge on any atom is 0.259 e. The van der Waals surface area contributed by atoms with Crippen molar-refractivity contribution in [1.29, 1.82) is 0 Å². The smallest absolute Gasteiger partial charge is 0.259 e. The normalized spacial score (nSPS) is 18.9. The predicted octanol–water partition coefficient (Wildman–Crippen LogP) is 3.09. The number of aromatic nitrogens is 4. The van der Waals surface area contributed by atoms with Crippen molar-refractivity contribution >= 4 is 39.2 Å². The third-order valence-electron chi connectivity index (χ3n) is 5.66. The Morgan fingerprint density at radius 3 is 2.75 bits per heavy atom. The van der Waals surface area contributed by atoms with Crippen molar-refractivity contribution in [1.82, 2.24) is 25.1 Å². The second-order valence-electron chi connectivity index (χ2n) is 8.42. The summed E-state index contributed by atoms with van der Waals surface area (Å²) in [5.74, 6) is -0.0677. The molecule has 9 heteroatoms. The van der Waals surface area contributed by atoms with Gasteiger partial charge in [0.1, 0.15) is 11.3 Å². The molecule has 0 spiro atoms. The Labute approximate surface area is 184 Å². The summed E-state index contributed by atoms with van der Waals surface area (Å²) in [5, 5.41) is 11.8. The maximum absolute atomic E-state index is 14.4. The van der Waals surface area contributed by atoms with Crippen molar-refractivity contribution in [2.75, 3.05) is 23.3 Å². The molecule has 0 radical (unpaired) electrons. The second-order valence-corrected chi connectivity index (χ2v) is 8.42. The van der Waals surface area contributed by atoms with Crippen LogP contribution in [-0.2, 0) is 7.05 Å². The summed E-state index contributed by atoms with van der Waals surface area (Å²) in [4.78, 5) is 24.5. The number of hydrogen-bond donors (Lipinski definition) is 2. The van der Waals surface area contributed by atoms with Gasteiger partial charge in [0.05, 0.1) is 11.1 Å². The Morgan fingerprint density at radius 2 is 1.97 bits per heavy atom. The van der Waals surface area contributed by atoms with Crippen molar-refractivity contribution in [2.24, 2.45) is 7.05 Å². The number of carbonyl (C=O) groups is 1. The highest BCUT2D eigenvalue weighted by atomic mass is 19.1. The van der Waals surface area contributed by atoms with E-state index in [-0.39, 0.29) is 5.52 Å². The van der Waals surface area contributed by atoms with E-state index in [1.165, 1.54) is 10.7 Å². The van der Waals surface area contributed by atoms with Crippen molar-refractivity contribution in [3.8, 4) is 0 Å². The highest BCUT2D eigenvalue weighted by molar-refractivity contribution is 6.13. The number of hydrogen-bond acceptors (Lipinski definition) is 6. The van der Waals surface area contributed by atoms with Gasteiger partial charge in [-0.25, -0.2) is 9.37 Å². The molecule has 2 N–H and O–H groups in total. The molecule has 164 valence electrons. The zero-order chi connectivity index (χ0) is 22.4. The minimum absolute atomic E-state index is 0.267. The summed E-state index contributed by atoms with van der Waals surface area (Å²) in [6, 6.07) is 7.40. The molecule has 8 nitrogen and oxygen atoms in total. The Balaban J connectivity index is 1.50. The number of piperazine rings is 1. The van der Waals surface area contributed by atoms with E-state index in [1.807, 2.05) is 12.1 Å². The lowest BCUT2D eigenvalue weighted by Crippen LogP contribution is -2.54. The third-order valence-corrected chi connectivity index (χ3v) is 5.66. The summed E-state index contributed by atoms with van der Waals surface area (Å²) >= 11 is 0. The largest absolute Gasteiger partial charge is 0.353 e. The number of carbonyl (C=O) groups excluding carboxylic acids is 1. The summed E-state index contributed by atoms with van der Waals surface area (Å²) < 4.78 is 16.0. The van der Waals surface area contributed by atoms with Gasteiger partial charge in [-0.15, -0.1) is 0 Å². The molecule has 1 amide bonds. The van der Waals surface area contributed by atoms with Gasteiger partial charge < -0.3 is 15.5 Å². The summed E-state index contributed by atoms with van der Waals surface area (Å²) in [7, 11) is 1.72. The molecule has 1 aromatic carbocycles. The minimum Gasteiger partial charge on any atom is -0.353 e. The topological polar surface area (TPSA) is 88.0 Å². The van der Waals surface area contributed by atoms with E-state index >= 15 is 0 Å². The number of aryl methyl sites for hydroxylation is 1. The van der Waals surface area contributed by atoms with Gasteiger partial charge in [0.15, 0.2) is 5.82 Å². The van der Waals surface area contributed by atoms with Crippen LogP contribution in [-0.4, -0.2) is 50.8 Å². The molecule has 1 fully saturated rings. The maximum atomic E-state index is 14.4. The molecule has 0 unspecified atom stereocenters. The van der Waals surface area contributed by atoms with E-state index in [0.29, 0.717) is 34.2 Å². The van der Waals surface area contributed by atoms with Crippen LogP contribution in [0.1, 0.15) is 24.2 Å². The molecule has 4 aromatic rings. The molecular weight excluding hydrogens is 409 g/mol. The fraction of sp³-hybridized carbons (Fsp3) is 0.304. The number of benzene rings is 1. The van der Waals surface area contributed by atoms with Crippen LogP contribution in [0, 0.1) is 5.82 Å². The zero-order valence-corrected chi connectivity index (χ0v) is 18.1. The molecule has 3 aromatic heterocycles. The van der Waals surface area contributed by atoms with Crippen LogP contribution in [0.4, 0.5) is 15.9 Å². The van der Waals surface area contributed by atoms with Gasteiger partial charge in [0.25, 0.3) is 5.91 Å². The highest BCUT2D eigenvalue weighted by Crippen LogP contribution is 2.28. The number of nitrogens with zero attached hydrogens (tertiary/aromatic N) is 5. The van der Waals surface area contributed by atoms with E-state index in [0.717, 1.165) is 24.3 Å². The van der Waals surface area contributed by atoms with E-state index in [1.54, 1.807) is 31.7 Å². The molecule has 4 heterocycles. The first-order valence-electron chi connectivity index (χ1n) is 10.6. The van der Waals surface area contributed by atoms with Crippen LogP contribution in [0.15, 0.2) is 42.9 Å². The predicted molar refractivity (Wildman–Crippen MR) is 122 cm³/mol. The molecule has 0 aliphatic carbocycles. The van der Waals surface area contributed by atoms with Gasteiger partial charge in [0.2, 0.25) is 0 Å². The standard InChI is InChI=1S/C23H24FN7O/c1-13-10-31(11-14(2)27-13)22-17-5-4-6-25-21(17)18(9-26-22)23(32)28-16-7-15-12-30(3)29-20(15)19(24)8-16/h4-9,12-14,27H,10-11H2,1-3H3,(H,28,32)/t13-,14+. The van der Waals surface area contributed by atoms with Crippen molar-refractivity contribution in [2.45, 2.75) is 25.9 Å². The summed E-state index contributed by atoms with van der Waals surface area (Å²) in [6.07, 6.45) is 4.92. The molecule has 5 rings (SSSR count). The number of amides is 1. The number of pyridine rings is 2. The van der Waals surface area contributed by atoms with Gasteiger partial charge in [-0.2, -0.15) is 5.10 Å². The number of fused-ring (bicyclic) bond motifs is 2. The number of halogens is 1. The van der Waals surface area contributed by atoms with Crippen LogP contribution in [0.3, 0.4) is 0 Å². The molecule has 1 saturated heterocycles. The average Bonchev–Trinajstić information content (AvgIpc) is 3.13. The second kappa shape index (κ2) is 7.83. The molecule has 0 bridgehead atoms. The van der Waals surface area contributed by atoms with Crippen LogP contribution in [0.25, 0.3) is 21.8 Å². The van der Waals surface area contributed by atoms with Gasteiger partial charge in [-0.3, -0.25) is 14.5 Å². The lowest BCUT2D eigenvalue weighted by Gasteiger charge is -2.37. The van der Waals surface area contributed by atoms with Crippen molar-refractivity contribution < 1.29 is 9.18 Å². The van der Waals surface area contributed by atoms with E-state index in [9.17, 15) is 9.18 Å². The van der Waals surface area contributed by atoms with Crippen molar-refractivity contribution in [3.05, 3.63) is 54.2 Å². The molecule has 2 atom stereocenters. The molecule has 0 saturated carbocycles. The lowest BCUT2D eigenvalue weighted by atomic mass is 10.1. The average molecular weight is 433 g/mol. The van der Waals surface area contributed by atoms with E-state index in [2.05, 4.69) is 44.4 Å². The lowest BCUT2D eigenvalue weighted by molar-refractivity contribution is 0.102. The minimum atomic E-state index is -0.489. The van der Waals surface area contributed by atoms with Gasteiger partial charge >= 0.3 is 0 Å². The van der Waals surface area contributed by atoms with Gasteiger partial charge in [0, 0.05) is 67.3 Å². The number of nitrogens with one attached hydrogen (secondary N) is 2. The first kappa shape index (κ1) is 20.3. The Hall–Kier alpha value is -3.59. The van der Waals surface area contributed by atoms with E-state index < -0.39 is 11.7 Å². The van der Waals surface area contributed by atoms with E-state index in [4.69, 9.17) is 0 Å². The quantitative estimate of drug-likeness (QED) is 0.516. The first-order valence-corrected chi connectivity index (χ1v) is 10.6. The molecule has 32 heavy (non-hydrogen) atoms. The Bertz CT molecular complexity index is 1320. The Kier molecular flexibility index (Phi) is 4.97. The fourth-order valence-corrected chi connectivity index (χ4v) is 4.46. The zero-order valence-electron chi connectivity index (χ0n) is 18.1. The SMILES string of the molecule is C[C@@H]1CN(c2ncc(C(=O)Nc3cc(F)c4nn(C)cc4c3)c3ncccc23)C[C@H](C)N1. The van der Waals surface area contributed by atoms with Crippen LogP contribution >= 0.6 is 0 Å². The Morgan fingerprint density at radius 1 is 1.19 bits per heavy atom. The highest BCUT2D eigenvalue weighted by Gasteiger charge is 2.25. The fourth-order valence-electron chi connectivity index (χ4n) is 4.46. The molecular formula is C23H24FN7O. The molecule has 1 aliphatic heterocycles. The van der Waals surface area contributed by atoms with Gasteiger partial charge in [-0.1, -0.05) is 0 Å². The first-order chi connectivity index (χ1) is 15.4. The summed E-state index contributed by atoms with van der Waals surface area (Å²) in [5.41, 5.74) is 1.53.